The molecular weight excluding hydrogens is 406 g/mol. The first-order valence-corrected chi connectivity index (χ1v) is 12.0. The number of amides is 2. The lowest BCUT2D eigenvalue weighted by Crippen LogP contribution is -2.54. The van der Waals surface area contributed by atoms with E-state index in [2.05, 4.69) is 27.7 Å². The highest BCUT2D eigenvalue weighted by molar-refractivity contribution is 5.90. The normalized spacial score (nSPS) is 25.7. The zero-order valence-corrected chi connectivity index (χ0v) is 19.8. The Kier molecular flexibility index (Phi) is 8.93. The molecule has 2 atom stereocenters. The van der Waals surface area contributed by atoms with Crippen molar-refractivity contribution in [3.8, 4) is 5.75 Å². The van der Waals surface area contributed by atoms with E-state index in [0.717, 1.165) is 57.5 Å². The molecule has 7 nitrogen and oxygen atoms in total. The topological polar surface area (TPSA) is 79.9 Å². The highest BCUT2D eigenvalue weighted by Gasteiger charge is 2.41. The summed E-state index contributed by atoms with van der Waals surface area (Å²) in [6, 6.07) is 7.64. The maximum absolute atomic E-state index is 13.3. The van der Waals surface area contributed by atoms with Crippen molar-refractivity contribution in [1.29, 1.82) is 0 Å². The third-order valence-corrected chi connectivity index (χ3v) is 6.63. The van der Waals surface area contributed by atoms with Gasteiger partial charge in [-0.1, -0.05) is 18.6 Å². The average molecular weight is 446 g/mol. The first kappa shape index (κ1) is 24.5. The van der Waals surface area contributed by atoms with Crippen LogP contribution in [0.15, 0.2) is 24.3 Å². The highest BCUT2D eigenvalue weighted by atomic mass is 16.5. The molecule has 2 aliphatic heterocycles. The van der Waals surface area contributed by atoms with E-state index in [1.165, 1.54) is 5.56 Å². The predicted octanol–water partition coefficient (Wildman–Crippen LogP) is 2.88. The molecule has 0 bridgehead atoms. The van der Waals surface area contributed by atoms with Crippen molar-refractivity contribution in [1.82, 2.24) is 15.5 Å². The molecule has 2 heterocycles. The minimum atomic E-state index is -0.551. The third kappa shape index (κ3) is 6.69. The summed E-state index contributed by atoms with van der Waals surface area (Å²) in [5.74, 6) is 0.761. The van der Waals surface area contributed by atoms with Crippen LogP contribution in [0.3, 0.4) is 0 Å². The van der Waals surface area contributed by atoms with Gasteiger partial charge < -0.3 is 20.1 Å². The summed E-state index contributed by atoms with van der Waals surface area (Å²) >= 11 is 0. The van der Waals surface area contributed by atoms with Crippen molar-refractivity contribution in [2.75, 3.05) is 32.9 Å². The summed E-state index contributed by atoms with van der Waals surface area (Å²) in [4.78, 5) is 28.2. The number of ether oxygens (including phenoxy) is 2. The number of hydrogen-bond donors (Lipinski definition) is 2. The fourth-order valence-electron chi connectivity index (χ4n) is 4.60. The van der Waals surface area contributed by atoms with Gasteiger partial charge in [-0.2, -0.15) is 0 Å². The summed E-state index contributed by atoms with van der Waals surface area (Å²) in [6.07, 6.45) is 4.34. The van der Waals surface area contributed by atoms with Crippen LogP contribution >= 0.6 is 0 Å². The molecule has 2 amide bonds. The summed E-state index contributed by atoms with van der Waals surface area (Å²) in [5, 5.41) is 5.94. The summed E-state index contributed by atoms with van der Waals surface area (Å²) in [5.41, 5.74) is 0.837. The van der Waals surface area contributed by atoms with Gasteiger partial charge in [-0.05, 0) is 77.2 Å². The van der Waals surface area contributed by atoms with Crippen LogP contribution in [0.1, 0.15) is 58.4 Å². The van der Waals surface area contributed by atoms with Crippen LogP contribution < -0.4 is 15.4 Å². The van der Waals surface area contributed by atoms with Gasteiger partial charge in [0.05, 0.1) is 18.6 Å². The number of piperidine rings is 1. The van der Waals surface area contributed by atoms with Crippen LogP contribution in [-0.2, 0) is 20.9 Å². The van der Waals surface area contributed by atoms with Crippen molar-refractivity contribution in [3.63, 3.8) is 0 Å². The molecular formula is C25H39N3O4. The lowest BCUT2D eigenvalue weighted by Gasteiger charge is -2.41. The van der Waals surface area contributed by atoms with E-state index in [-0.39, 0.29) is 17.9 Å². The minimum Gasteiger partial charge on any atom is -0.494 e. The number of rotatable bonds is 4. The van der Waals surface area contributed by atoms with Gasteiger partial charge in [0.2, 0.25) is 11.8 Å². The van der Waals surface area contributed by atoms with E-state index in [4.69, 9.17) is 9.47 Å². The van der Waals surface area contributed by atoms with Gasteiger partial charge in [-0.3, -0.25) is 14.5 Å². The number of likely N-dealkylation sites (tertiary alicyclic amines) is 1. The van der Waals surface area contributed by atoms with Gasteiger partial charge in [0, 0.05) is 19.2 Å². The SMILES string of the molecule is CCOc1ccc(CN2CCC3(CCCCOC[C@H](C)NC(=O)[C@H](C)NC3=O)CC2)cc1. The van der Waals surface area contributed by atoms with E-state index >= 15 is 0 Å². The van der Waals surface area contributed by atoms with E-state index in [9.17, 15) is 9.59 Å². The number of nitrogens with one attached hydrogen (secondary N) is 2. The number of nitrogens with zero attached hydrogens (tertiary/aromatic N) is 1. The largest absolute Gasteiger partial charge is 0.494 e. The molecule has 2 N–H and O–H groups in total. The lowest BCUT2D eigenvalue weighted by molar-refractivity contribution is -0.138. The Bertz CT molecular complexity index is 744. The molecule has 1 aromatic rings. The molecule has 178 valence electrons. The molecule has 2 aliphatic rings. The lowest BCUT2D eigenvalue weighted by atomic mass is 9.73. The van der Waals surface area contributed by atoms with E-state index in [1.54, 1.807) is 6.92 Å². The second kappa shape index (κ2) is 11.7. The summed E-state index contributed by atoms with van der Waals surface area (Å²) < 4.78 is 11.2. The van der Waals surface area contributed by atoms with Crippen LogP contribution in [0.4, 0.5) is 0 Å². The molecule has 2 saturated heterocycles. The van der Waals surface area contributed by atoms with Crippen molar-refractivity contribution in [3.05, 3.63) is 29.8 Å². The van der Waals surface area contributed by atoms with Crippen LogP contribution in [0, 0.1) is 5.41 Å². The Morgan fingerprint density at radius 2 is 1.78 bits per heavy atom. The van der Waals surface area contributed by atoms with Gasteiger partial charge in [0.25, 0.3) is 0 Å². The predicted molar refractivity (Wildman–Crippen MR) is 124 cm³/mol. The molecule has 0 radical (unpaired) electrons. The van der Waals surface area contributed by atoms with Crippen molar-refractivity contribution in [2.24, 2.45) is 5.41 Å². The van der Waals surface area contributed by atoms with E-state index in [0.29, 0.717) is 19.8 Å². The molecule has 2 fully saturated rings. The van der Waals surface area contributed by atoms with Crippen molar-refractivity contribution < 1.29 is 19.1 Å². The van der Waals surface area contributed by atoms with Crippen LogP contribution in [-0.4, -0.2) is 61.7 Å². The van der Waals surface area contributed by atoms with Gasteiger partial charge in [0.1, 0.15) is 11.8 Å². The minimum absolute atomic E-state index is 0.0219. The third-order valence-electron chi connectivity index (χ3n) is 6.63. The Balaban J connectivity index is 1.62. The van der Waals surface area contributed by atoms with E-state index in [1.807, 2.05) is 26.0 Å². The number of hydrogen-bond acceptors (Lipinski definition) is 5. The van der Waals surface area contributed by atoms with Gasteiger partial charge in [-0.15, -0.1) is 0 Å². The zero-order valence-electron chi connectivity index (χ0n) is 19.8. The van der Waals surface area contributed by atoms with E-state index < -0.39 is 11.5 Å². The van der Waals surface area contributed by atoms with Gasteiger partial charge >= 0.3 is 0 Å². The number of benzene rings is 1. The molecule has 0 saturated carbocycles. The van der Waals surface area contributed by atoms with Crippen LogP contribution in [0.25, 0.3) is 0 Å². The molecule has 3 rings (SSSR count). The highest BCUT2D eigenvalue weighted by Crippen LogP contribution is 2.37. The van der Waals surface area contributed by atoms with Crippen molar-refractivity contribution >= 4 is 11.8 Å². The smallest absolute Gasteiger partial charge is 0.242 e. The first-order chi connectivity index (χ1) is 15.4. The molecule has 7 heteroatoms. The Labute approximate surface area is 192 Å². The summed E-state index contributed by atoms with van der Waals surface area (Å²) in [6.45, 7) is 10.1. The molecule has 0 unspecified atom stereocenters. The fourth-order valence-corrected chi connectivity index (χ4v) is 4.60. The van der Waals surface area contributed by atoms with Crippen molar-refractivity contribution in [2.45, 2.75) is 71.5 Å². The summed E-state index contributed by atoms with van der Waals surface area (Å²) in [7, 11) is 0. The second-order valence-corrected chi connectivity index (χ2v) is 9.27. The zero-order chi connectivity index (χ0) is 23.0. The molecule has 1 spiro atoms. The quantitative estimate of drug-likeness (QED) is 0.745. The molecule has 0 aliphatic carbocycles. The maximum atomic E-state index is 13.3. The Hall–Kier alpha value is -2.12. The van der Waals surface area contributed by atoms with Crippen LogP contribution in [0.5, 0.6) is 5.75 Å². The Morgan fingerprint density at radius 3 is 2.47 bits per heavy atom. The van der Waals surface area contributed by atoms with Crippen LogP contribution in [0.2, 0.25) is 0 Å². The molecule has 32 heavy (non-hydrogen) atoms. The Morgan fingerprint density at radius 1 is 1.06 bits per heavy atom. The monoisotopic (exact) mass is 445 g/mol. The standard InChI is InChI=1S/C25H39N3O4/c1-4-32-22-9-7-21(8-10-22)17-28-14-12-25(13-15-28)11-5-6-16-31-18-19(2)26-23(29)20(3)27-24(25)30/h7-10,19-20H,4-6,11-18H2,1-3H3,(H,26,29)(H,27,30)/t19-,20-/m0/s1. The number of carbonyl (C=O) groups excluding carboxylic acids is 2. The fraction of sp³-hybridized carbons (Fsp3) is 0.680. The first-order valence-electron chi connectivity index (χ1n) is 12.0. The second-order valence-electron chi connectivity index (χ2n) is 9.27. The molecule has 1 aromatic carbocycles. The number of carbonyl (C=O) groups is 2. The van der Waals surface area contributed by atoms with Gasteiger partial charge in [0.15, 0.2) is 0 Å². The molecule has 0 aromatic heterocycles. The van der Waals surface area contributed by atoms with Gasteiger partial charge in [-0.25, -0.2) is 0 Å². The maximum Gasteiger partial charge on any atom is 0.242 e. The average Bonchev–Trinajstić information content (AvgIpc) is 2.78.